The summed E-state index contributed by atoms with van der Waals surface area (Å²) in [7, 11) is 0. The maximum absolute atomic E-state index is 9.09. The Morgan fingerprint density at radius 3 is 2.38 bits per heavy atom. The van der Waals surface area contributed by atoms with Crippen molar-refractivity contribution in [1.29, 1.82) is 5.26 Å². The third-order valence-electron chi connectivity index (χ3n) is 4.58. The Kier molecular flexibility index (Phi) is 3.90. The molecule has 0 atom stereocenters. The van der Waals surface area contributed by atoms with Crippen LogP contribution in [0.5, 0.6) is 11.5 Å². The first-order valence-electron chi connectivity index (χ1n) is 7.34. The lowest BCUT2D eigenvalue weighted by atomic mass is 9.50. The maximum atomic E-state index is 9.09. The molecule has 1 aliphatic carbocycles. The van der Waals surface area contributed by atoms with E-state index < -0.39 is 0 Å². The summed E-state index contributed by atoms with van der Waals surface area (Å²) in [6, 6.07) is 7.57. The standard InChI is InChI=1S/C17H24N2O2/c1-6-20-13-9-12(8-7-11(13)10-18)21-15-16(2,3)14(19)17(15,4)5/h7-9,14-15H,6,19H2,1-5H3. The van der Waals surface area contributed by atoms with Gasteiger partial charge in [-0.05, 0) is 19.1 Å². The number of ether oxygens (including phenoxy) is 2. The maximum Gasteiger partial charge on any atom is 0.140 e. The van der Waals surface area contributed by atoms with Crippen LogP contribution in [0.2, 0.25) is 0 Å². The highest BCUT2D eigenvalue weighted by molar-refractivity contribution is 5.47. The molecule has 21 heavy (non-hydrogen) atoms. The van der Waals surface area contributed by atoms with Gasteiger partial charge in [0.1, 0.15) is 23.7 Å². The molecule has 1 saturated carbocycles. The van der Waals surface area contributed by atoms with Gasteiger partial charge in [0.15, 0.2) is 0 Å². The lowest BCUT2D eigenvalue weighted by Crippen LogP contribution is -2.72. The van der Waals surface area contributed by atoms with E-state index in [1.165, 1.54) is 0 Å². The van der Waals surface area contributed by atoms with Crippen molar-refractivity contribution in [2.45, 2.75) is 46.8 Å². The number of nitrogens with two attached hydrogens (primary N) is 1. The van der Waals surface area contributed by atoms with Crippen molar-refractivity contribution in [2.24, 2.45) is 16.6 Å². The van der Waals surface area contributed by atoms with Gasteiger partial charge in [-0.3, -0.25) is 0 Å². The highest BCUT2D eigenvalue weighted by Crippen LogP contribution is 2.54. The van der Waals surface area contributed by atoms with Crippen LogP contribution in [0.25, 0.3) is 0 Å². The lowest BCUT2D eigenvalue weighted by molar-refractivity contribution is -0.155. The highest BCUT2D eigenvalue weighted by atomic mass is 16.5. The Morgan fingerprint density at radius 2 is 1.86 bits per heavy atom. The van der Waals surface area contributed by atoms with Crippen LogP contribution in [0.3, 0.4) is 0 Å². The summed E-state index contributed by atoms with van der Waals surface area (Å²) in [4.78, 5) is 0. The minimum atomic E-state index is -0.0802. The molecule has 4 nitrogen and oxygen atoms in total. The Morgan fingerprint density at radius 1 is 1.24 bits per heavy atom. The van der Waals surface area contributed by atoms with Gasteiger partial charge in [-0.1, -0.05) is 27.7 Å². The molecular formula is C17H24N2O2. The largest absolute Gasteiger partial charge is 0.492 e. The van der Waals surface area contributed by atoms with E-state index in [9.17, 15) is 0 Å². The molecule has 1 aromatic carbocycles. The second-order valence-corrected chi connectivity index (χ2v) is 6.82. The Hall–Kier alpha value is -1.73. The molecule has 0 heterocycles. The molecule has 1 aliphatic rings. The normalized spacial score (nSPS) is 25.6. The van der Waals surface area contributed by atoms with Crippen molar-refractivity contribution in [3.05, 3.63) is 23.8 Å². The molecule has 0 aromatic heterocycles. The van der Waals surface area contributed by atoms with Crippen LogP contribution in [0, 0.1) is 22.2 Å². The predicted octanol–water partition coefficient (Wildman–Crippen LogP) is 3.10. The third-order valence-corrected chi connectivity index (χ3v) is 4.58. The van der Waals surface area contributed by atoms with E-state index in [4.69, 9.17) is 20.5 Å². The van der Waals surface area contributed by atoms with Gasteiger partial charge in [0.05, 0.1) is 12.2 Å². The Labute approximate surface area is 126 Å². The van der Waals surface area contributed by atoms with Crippen molar-refractivity contribution in [2.75, 3.05) is 6.61 Å². The average molecular weight is 288 g/mol. The van der Waals surface area contributed by atoms with Crippen LogP contribution in [0.1, 0.15) is 40.2 Å². The van der Waals surface area contributed by atoms with Gasteiger partial charge in [-0.25, -0.2) is 0 Å². The van der Waals surface area contributed by atoms with Gasteiger partial charge in [-0.15, -0.1) is 0 Å². The van der Waals surface area contributed by atoms with E-state index in [0.29, 0.717) is 17.9 Å². The summed E-state index contributed by atoms with van der Waals surface area (Å²) in [5.41, 5.74) is 6.61. The number of rotatable bonds is 4. The van der Waals surface area contributed by atoms with Crippen LogP contribution in [-0.2, 0) is 0 Å². The van der Waals surface area contributed by atoms with Crippen LogP contribution >= 0.6 is 0 Å². The fourth-order valence-corrected chi connectivity index (χ4v) is 3.53. The summed E-state index contributed by atoms with van der Waals surface area (Å²) in [5, 5.41) is 9.09. The van der Waals surface area contributed by atoms with Crippen molar-refractivity contribution in [3.8, 4) is 17.6 Å². The quantitative estimate of drug-likeness (QED) is 0.924. The second kappa shape index (κ2) is 5.23. The predicted molar refractivity (Wildman–Crippen MR) is 82.3 cm³/mol. The molecule has 0 saturated heterocycles. The first kappa shape index (κ1) is 15.7. The molecule has 114 valence electrons. The molecule has 2 rings (SSSR count). The number of hydrogen-bond donors (Lipinski definition) is 1. The number of hydrogen-bond acceptors (Lipinski definition) is 4. The molecule has 0 bridgehead atoms. The van der Waals surface area contributed by atoms with Gasteiger partial charge in [-0.2, -0.15) is 5.26 Å². The Balaban J connectivity index is 2.25. The molecule has 2 N–H and O–H groups in total. The topological polar surface area (TPSA) is 68.3 Å². The van der Waals surface area contributed by atoms with Crippen LogP contribution in [0.15, 0.2) is 18.2 Å². The molecule has 0 radical (unpaired) electrons. The smallest absolute Gasteiger partial charge is 0.140 e. The van der Waals surface area contributed by atoms with E-state index >= 15 is 0 Å². The first-order chi connectivity index (χ1) is 9.75. The average Bonchev–Trinajstić information content (AvgIpc) is 2.44. The van der Waals surface area contributed by atoms with Gasteiger partial charge >= 0.3 is 0 Å². The molecular weight excluding hydrogens is 264 g/mol. The van der Waals surface area contributed by atoms with Gasteiger partial charge < -0.3 is 15.2 Å². The number of nitriles is 1. The molecule has 0 unspecified atom stereocenters. The van der Waals surface area contributed by atoms with E-state index in [-0.39, 0.29) is 23.0 Å². The van der Waals surface area contributed by atoms with E-state index in [1.54, 1.807) is 12.1 Å². The van der Waals surface area contributed by atoms with Crippen LogP contribution in [-0.4, -0.2) is 18.8 Å². The monoisotopic (exact) mass is 288 g/mol. The number of nitrogens with zero attached hydrogens (tertiary/aromatic N) is 1. The van der Waals surface area contributed by atoms with Gasteiger partial charge in [0.25, 0.3) is 0 Å². The molecule has 4 heteroatoms. The molecule has 0 spiro atoms. The molecule has 1 aromatic rings. The Bertz CT molecular complexity index is 557. The summed E-state index contributed by atoms with van der Waals surface area (Å²) in [6.45, 7) is 10.9. The van der Waals surface area contributed by atoms with E-state index in [2.05, 4.69) is 33.8 Å². The van der Waals surface area contributed by atoms with Crippen LogP contribution < -0.4 is 15.2 Å². The zero-order chi connectivity index (χ0) is 15.8. The first-order valence-corrected chi connectivity index (χ1v) is 7.34. The fraction of sp³-hybridized carbons (Fsp3) is 0.588. The summed E-state index contributed by atoms with van der Waals surface area (Å²) in [5.74, 6) is 1.28. The molecule has 1 fully saturated rings. The van der Waals surface area contributed by atoms with Crippen molar-refractivity contribution >= 4 is 0 Å². The highest BCUT2D eigenvalue weighted by Gasteiger charge is 2.61. The van der Waals surface area contributed by atoms with Crippen molar-refractivity contribution in [3.63, 3.8) is 0 Å². The fourth-order valence-electron chi connectivity index (χ4n) is 3.53. The van der Waals surface area contributed by atoms with Crippen molar-refractivity contribution < 1.29 is 9.47 Å². The van der Waals surface area contributed by atoms with Gasteiger partial charge in [0, 0.05) is 22.9 Å². The zero-order valence-electron chi connectivity index (χ0n) is 13.4. The third kappa shape index (κ3) is 2.47. The minimum Gasteiger partial charge on any atom is -0.492 e. The summed E-state index contributed by atoms with van der Waals surface area (Å²) in [6.07, 6.45) is 0.0300. The molecule has 0 amide bonds. The van der Waals surface area contributed by atoms with E-state index in [0.717, 1.165) is 5.75 Å². The minimum absolute atomic E-state index is 0.0300. The van der Waals surface area contributed by atoms with Crippen molar-refractivity contribution in [1.82, 2.24) is 0 Å². The van der Waals surface area contributed by atoms with Gasteiger partial charge in [0.2, 0.25) is 0 Å². The lowest BCUT2D eigenvalue weighted by Gasteiger charge is -2.61. The second-order valence-electron chi connectivity index (χ2n) is 6.82. The zero-order valence-corrected chi connectivity index (χ0v) is 13.4. The molecule has 0 aliphatic heterocycles. The van der Waals surface area contributed by atoms with Crippen LogP contribution in [0.4, 0.5) is 0 Å². The number of benzene rings is 1. The summed E-state index contributed by atoms with van der Waals surface area (Å²) < 4.78 is 11.7. The van der Waals surface area contributed by atoms with E-state index in [1.807, 2.05) is 13.0 Å². The summed E-state index contributed by atoms with van der Waals surface area (Å²) >= 11 is 0. The SMILES string of the molecule is CCOc1cc(OC2C(C)(C)C(N)C2(C)C)ccc1C#N.